The number of aromatic nitrogens is 2. The number of aromatic carboxylic acids is 2. The zero-order chi connectivity index (χ0) is 13.4. The topological polar surface area (TPSA) is 106 Å². The molecule has 0 atom stereocenters. The van der Waals surface area contributed by atoms with E-state index in [-0.39, 0.29) is 30.6 Å². The minimum absolute atomic E-state index is 0. The number of carbonyl (C=O) groups is 2. The Morgan fingerprint density at radius 2 is 1.21 bits per heavy atom. The second-order valence-electron chi connectivity index (χ2n) is 3.06. The van der Waals surface area contributed by atoms with Crippen molar-refractivity contribution in [3.63, 3.8) is 0 Å². The Labute approximate surface area is 121 Å². The van der Waals surface area contributed by atoms with Gasteiger partial charge in [-0.05, 0) is 12.1 Å². The summed E-state index contributed by atoms with van der Waals surface area (Å²) in [4.78, 5) is 27.3. The molecule has 0 aliphatic carbocycles. The number of rotatable bonds is 2. The molecule has 19 heavy (non-hydrogen) atoms. The number of hydrogen-bond donors (Lipinski definition) is 0. The van der Waals surface area contributed by atoms with Crippen molar-refractivity contribution in [2.45, 2.75) is 0 Å². The SMILES string of the molecule is O=C([O-])c1cccnc1.O=C([O-])c1cccnc1.[Zn+2]. The van der Waals surface area contributed by atoms with Crippen LogP contribution in [0.3, 0.4) is 0 Å². The average Bonchev–Trinajstić information content (AvgIpc) is 2.41. The van der Waals surface area contributed by atoms with Gasteiger partial charge in [0, 0.05) is 35.9 Å². The second kappa shape index (κ2) is 8.88. The number of carbonyl (C=O) groups excluding carboxylic acids is 2. The summed E-state index contributed by atoms with van der Waals surface area (Å²) in [5.74, 6) is -2.38. The quantitative estimate of drug-likeness (QED) is 0.651. The molecule has 2 heterocycles. The first kappa shape index (κ1) is 16.9. The van der Waals surface area contributed by atoms with Crippen LogP contribution in [0.5, 0.6) is 0 Å². The van der Waals surface area contributed by atoms with Crippen LogP contribution in [-0.4, -0.2) is 21.9 Å². The first-order valence-electron chi connectivity index (χ1n) is 4.84. The van der Waals surface area contributed by atoms with Crippen molar-refractivity contribution < 1.29 is 39.3 Å². The van der Waals surface area contributed by atoms with E-state index in [4.69, 9.17) is 0 Å². The molecule has 0 radical (unpaired) electrons. The van der Waals surface area contributed by atoms with E-state index in [1.54, 1.807) is 12.1 Å². The predicted molar refractivity (Wildman–Crippen MR) is 57.1 cm³/mol. The molecule has 2 aromatic rings. The normalized spacial score (nSPS) is 8.42. The summed E-state index contributed by atoms with van der Waals surface area (Å²) in [6, 6.07) is 5.96. The molecular formula is C12H8N2O4Zn. The molecule has 0 saturated heterocycles. The molecule has 0 bridgehead atoms. The van der Waals surface area contributed by atoms with Crippen molar-refractivity contribution >= 4 is 11.9 Å². The van der Waals surface area contributed by atoms with E-state index in [9.17, 15) is 19.8 Å². The van der Waals surface area contributed by atoms with Crippen LogP contribution in [0.15, 0.2) is 49.1 Å². The van der Waals surface area contributed by atoms with E-state index < -0.39 is 11.9 Å². The maximum absolute atomic E-state index is 10.0. The Morgan fingerprint density at radius 1 is 0.842 bits per heavy atom. The molecule has 2 aromatic heterocycles. The molecule has 0 spiro atoms. The van der Waals surface area contributed by atoms with E-state index in [1.807, 2.05) is 0 Å². The maximum Gasteiger partial charge on any atom is 2.00 e. The molecule has 92 valence electrons. The fourth-order valence-electron chi connectivity index (χ4n) is 0.967. The number of nitrogens with zero attached hydrogens (tertiary/aromatic N) is 2. The van der Waals surface area contributed by atoms with Gasteiger partial charge in [0.25, 0.3) is 0 Å². The van der Waals surface area contributed by atoms with E-state index in [0.29, 0.717) is 0 Å². The molecule has 2 rings (SSSR count). The Balaban J connectivity index is 0.000000324. The molecule has 7 heteroatoms. The standard InChI is InChI=1S/2C6H5NO2.Zn/c2*8-6(9)5-2-1-3-7-4-5;/h2*1-4H,(H,8,9);/q;;+2/p-2. The van der Waals surface area contributed by atoms with Gasteiger partial charge in [-0.2, -0.15) is 0 Å². The van der Waals surface area contributed by atoms with Crippen molar-refractivity contribution in [2.75, 3.05) is 0 Å². The summed E-state index contributed by atoms with van der Waals surface area (Å²) < 4.78 is 0. The van der Waals surface area contributed by atoms with Crippen LogP contribution >= 0.6 is 0 Å². The Morgan fingerprint density at radius 3 is 1.37 bits per heavy atom. The molecule has 0 unspecified atom stereocenters. The summed E-state index contributed by atoms with van der Waals surface area (Å²) >= 11 is 0. The van der Waals surface area contributed by atoms with Gasteiger partial charge in [0.15, 0.2) is 0 Å². The summed E-state index contributed by atoms with van der Waals surface area (Å²) in [5.41, 5.74) is 0.218. The molecule has 0 aliphatic heterocycles. The summed E-state index contributed by atoms with van der Waals surface area (Å²) in [5, 5.41) is 20.1. The van der Waals surface area contributed by atoms with Crippen LogP contribution in [0.4, 0.5) is 0 Å². The summed E-state index contributed by atoms with van der Waals surface area (Å²) in [6.07, 6.45) is 5.50. The fraction of sp³-hybridized carbons (Fsp3) is 0. The van der Waals surface area contributed by atoms with Crippen molar-refractivity contribution in [1.29, 1.82) is 0 Å². The number of pyridine rings is 2. The molecule has 6 nitrogen and oxygen atoms in total. The molecular weight excluding hydrogens is 302 g/mol. The molecule has 0 N–H and O–H groups in total. The second-order valence-corrected chi connectivity index (χ2v) is 3.06. The van der Waals surface area contributed by atoms with Crippen LogP contribution in [0.2, 0.25) is 0 Å². The van der Waals surface area contributed by atoms with Crippen molar-refractivity contribution in [1.82, 2.24) is 9.97 Å². The molecule has 0 amide bonds. The smallest absolute Gasteiger partial charge is 0.545 e. The average molecular weight is 310 g/mol. The van der Waals surface area contributed by atoms with Crippen molar-refractivity contribution in [2.24, 2.45) is 0 Å². The zero-order valence-electron chi connectivity index (χ0n) is 9.85. The number of carboxylic acid groups (broad SMARTS) is 2. The minimum atomic E-state index is -1.19. The van der Waals surface area contributed by atoms with E-state index in [0.717, 1.165) is 0 Å². The van der Waals surface area contributed by atoms with Gasteiger partial charge in [-0.1, -0.05) is 12.1 Å². The van der Waals surface area contributed by atoms with Crippen LogP contribution in [0, 0.1) is 0 Å². The Bertz CT molecular complexity index is 470. The van der Waals surface area contributed by atoms with Gasteiger partial charge >= 0.3 is 19.5 Å². The molecule has 0 saturated carbocycles. The van der Waals surface area contributed by atoms with Gasteiger partial charge in [0.2, 0.25) is 0 Å². The van der Waals surface area contributed by atoms with Crippen LogP contribution in [-0.2, 0) is 19.5 Å². The molecule has 0 aliphatic rings. The van der Waals surface area contributed by atoms with E-state index in [2.05, 4.69) is 9.97 Å². The van der Waals surface area contributed by atoms with Gasteiger partial charge in [-0.3, -0.25) is 9.97 Å². The maximum atomic E-state index is 10.0. The van der Waals surface area contributed by atoms with E-state index >= 15 is 0 Å². The molecule has 0 fully saturated rings. The third kappa shape index (κ3) is 6.38. The third-order valence-electron chi connectivity index (χ3n) is 1.79. The minimum Gasteiger partial charge on any atom is -0.545 e. The van der Waals surface area contributed by atoms with E-state index in [1.165, 1.54) is 36.9 Å². The van der Waals surface area contributed by atoms with Crippen LogP contribution in [0.1, 0.15) is 20.7 Å². The fourth-order valence-corrected chi connectivity index (χ4v) is 0.967. The Hall–Kier alpha value is -2.14. The number of hydrogen-bond acceptors (Lipinski definition) is 6. The first-order valence-corrected chi connectivity index (χ1v) is 4.84. The Kier molecular flexibility index (Phi) is 7.88. The van der Waals surface area contributed by atoms with Gasteiger partial charge in [-0.25, -0.2) is 0 Å². The third-order valence-corrected chi connectivity index (χ3v) is 1.79. The van der Waals surface area contributed by atoms with Gasteiger partial charge in [0.05, 0.1) is 11.9 Å². The number of carboxylic acids is 2. The van der Waals surface area contributed by atoms with Crippen molar-refractivity contribution in [3.8, 4) is 0 Å². The van der Waals surface area contributed by atoms with Crippen LogP contribution in [0.25, 0.3) is 0 Å². The van der Waals surface area contributed by atoms with Crippen LogP contribution < -0.4 is 10.2 Å². The predicted octanol–water partition coefficient (Wildman–Crippen LogP) is -1.11. The first-order chi connectivity index (χ1) is 8.61. The van der Waals surface area contributed by atoms with Crippen molar-refractivity contribution in [3.05, 3.63) is 60.2 Å². The molecule has 0 aromatic carbocycles. The monoisotopic (exact) mass is 308 g/mol. The summed E-state index contributed by atoms with van der Waals surface area (Å²) in [6.45, 7) is 0. The largest absolute Gasteiger partial charge is 2.00 e. The van der Waals surface area contributed by atoms with Gasteiger partial charge in [0.1, 0.15) is 0 Å². The van der Waals surface area contributed by atoms with Gasteiger partial charge in [-0.15, -0.1) is 0 Å². The van der Waals surface area contributed by atoms with Gasteiger partial charge < -0.3 is 19.8 Å². The zero-order valence-corrected chi connectivity index (χ0v) is 12.8. The summed E-state index contributed by atoms with van der Waals surface area (Å²) in [7, 11) is 0.